The second-order valence-electron chi connectivity index (χ2n) is 6.95. The molecular formula is C21H28O2S2. The highest BCUT2D eigenvalue weighted by Crippen LogP contribution is 2.54. The van der Waals surface area contributed by atoms with E-state index >= 15 is 0 Å². The van der Waals surface area contributed by atoms with E-state index in [0.29, 0.717) is 6.79 Å². The Labute approximate surface area is 160 Å². The van der Waals surface area contributed by atoms with E-state index in [1.165, 1.54) is 34.6 Å². The van der Waals surface area contributed by atoms with Crippen molar-refractivity contribution in [1.29, 1.82) is 0 Å². The minimum absolute atomic E-state index is 0.108. The van der Waals surface area contributed by atoms with Gasteiger partial charge in [0.25, 0.3) is 0 Å². The molecular weight excluding hydrogens is 348 g/mol. The van der Waals surface area contributed by atoms with Gasteiger partial charge in [-0.1, -0.05) is 29.4 Å². The smallest absolute Gasteiger partial charge is 0.231 e. The number of benzene rings is 1. The summed E-state index contributed by atoms with van der Waals surface area (Å²) in [6.45, 7) is 6.95. The normalized spacial score (nSPS) is 18.9. The summed E-state index contributed by atoms with van der Waals surface area (Å²) in [6, 6.07) is 6.49. The maximum Gasteiger partial charge on any atom is 0.231 e. The van der Waals surface area contributed by atoms with E-state index in [9.17, 15) is 0 Å². The van der Waals surface area contributed by atoms with E-state index < -0.39 is 0 Å². The van der Waals surface area contributed by atoms with Crippen molar-refractivity contribution in [3.8, 4) is 11.5 Å². The van der Waals surface area contributed by atoms with Gasteiger partial charge in [0.2, 0.25) is 6.79 Å². The van der Waals surface area contributed by atoms with Crippen LogP contribution in [-0.2, 0) is 4.08 Å². The van der Waals surface area contributed by atoms with Gasteiger partial charge in [0, 0.05) is 0 Å². The summed E-state index contributed by atoms with van der Waals surface area (Å²) in [7, 11) is 0. The molecule has 2 aliphatic heterocycles. The second-order valence-corrected chi connectivity index (χ2v) is 9.99. The van der Waals surface area contributed by atoms with Crippen LogP contribution in [0.1, 0.15) is 52.0 Å². The van der Waals surface area contributed by atoms with Crippen molar-refractivity contribution in [3.63, 3.8) is 0 Å². The predicted octanol–water partition coefficient (Wildman–Crippen LogP) is 6.52. The van der Waals surface area contributed by atoms with Crippen LogP contribution in [0.4, 0.5) is 0 Å². The second kappa shape index (κ2) is 8.59. The Bertz CT molecular complexity index is 654. The first-order chi connectivity index (χ1) is 12.1. The zero-order chi connectivity index (χ0) is 17.7. The minimum Gasteiger partial charge on any atom is -0.454 e. The van der Waals surface area contributed by atoms with Crippen LogP contribution in [0.15, 0.2) is 41.5 Å². The quantitative estimate of drug-likeness (QED) is 0.526. The average Bonchev–Trinajstić information content (AvgIpc) is 3.08. The van der Waals surface area contributed by atoms with Gasteiger partial charge in [-0.2, -0.15) is 0 Å². The number of thioether (sulfide) groups is 2. The zero-order valence-corrected chi connectivity index (χ0v) is 17.1. The molecule has 0 unspecified atom stereocenters. The molecule has 1 saturated heterocycles. The first kappa shape index (κ1) is 18.8. The van der Waals surface area contributed by atoms with Crippen LogP contribution < -0.4 is 9.47 Å². The molecule has 1 aromatic carbocycles. The highest BCUT2D eigenvalue weighted by atomic mass is 32.2. The number of allylic oxidation sites excluding steroid dienone is 4. The molecule has 0 aromatic heterocycles. The molecule has 0 radical (unpaired) electrons. The molecule has 2 nitrogen and oxygen atoms in total. The van der Waals surface area contributed by atoms with Crippen LogP contribution in [0, 0.1) is 0 Å². The maximum absolute atomic E-state index is 5.61. The van der Waals surface area contributed by atoms with Gasteiger partial charge in [0.1, 0.15) is 0 Å². The van der Waals surface area contributed by atoms with Crippen molar-refractivity contribution in [2.75, 3.05) is 18.3 Å². The SMILES string of the molecule is CC(C)=CCC/C(C)=C/CC1(c2ccc3c(c2)OCO3)SCCCS1. The molecule has 0 bridgehead atoms. The lowest BCUT2D eigenvalue weighted by Crippen LogP contribution is -2.22. The van der Waals surface area contributed by atoms with Crippen molar-refractivity contribution in [1.82, 2.24) is 0 Å². The van der Waals surface area contributed by atoms with Crippen LogP contribution in [0.2, 0.25) is 0 Å². The van der Waals surface area contributed by atoms with Gasteiger partial charge < -0.3 is 9.47 Å². The van der Waals surface area contributed by atoms with Crippen molar-refractivity contribution in [2.45, 2.75) is 50.5 Å². The Morgan fingerprint density at radius 1 is 1.08 bits per heavy atom. The van der Waals surface area contributed by atoms with Crippen LogP contribution in [0.3, 0.4) is 0 Å². The number of hydrogen-bond acceptors (Lipinski definition) is 4. The lowest BCUT2D eigenvalue weighted by molar-refractivity contribution is 0.174. The van der Waals surface area contributed by atoms with Crippen LogP contribution in [-0.4, -0.2) is 18.3 Å². The van der Waals surface area contributed by atoms with Gasteiger partial charge in [-0.3, -0.25) is 0 Å². The number of ether oxygens (including phenoxy) is 2. The predicted molar refractivity (Wildman–Crippen MR) is 111 cm³/mol. The van der Waals surface area contributed by atoms with Crippen molar-refractivity contribution in [2.24, 2.45) is 0 Å². The summed E-state index contributed by atoms with van der Waals surface area (Å²) >= 11 is 4.18. The molecule has 0 atom stereocenters. The fraction of sp³-hybridized carbons (Fsp3) is 0.524. The topological polar surface area (TPSA) is 18.5 Å². The van der Waals surface area contributed by atoms with Crippen molar-refractivity contribution < 1.29 is 9.47 Å². The van der Waals surface area contributed by atoms with E-state index in [0.717, 1.165) is 30.8 Å². The molecule has 0 amide bonds. The molecule has 4 heteroatoms. The van der Waals surface area contributed by atoms with Gasteiger partial charge in [-0.05, 0) is 75.7 Å². The van der Waals surface area contributed by atoms with Crippen LogP contribution in [0.5, 0.6) is 11.5 Å². The Kier molecular flexibility index (Phi) is 6.45. The van der Waals surface area contributed by atoms with E-state index in [-0.39, 0.29) is 4.08 Å². The highest BCUT2D eigenvalue weighted by Gasteiger charge is 2.35. The third-order valence-electron chi connectivity index (χ3n) is 4.58. The number of hydrogen-bond donors (Lipinski definition) is 0. The number of rotatable bonds is 6. The van der Waals surface area contributed by atoms with E-state index in [1.807, 2.05) is 0 Å². The standard InChI is InChI=1S/C21H28O2S2/c1-16(2)6-4-7-17(3)10-11-21(24-12-5-13-25-21)18-8-9-19-20(14-18)23-15-22-19/h6,8-10,14H,4-5,7,11-13,15H2,1-3H3/b17-10+. The zero-order valence-electron chi connectivity index (χ0n) is 15.5. The molecule has 0 spiro atoms. The molecule has 25 heavy (non-hydrogen) atoms. The first-order valence-electron chi connectivity index (χ1n) is 9.06. The van der Waals surface area contributed by atoms with Crippen molar-refractivity contribution in [3.05, 3.63) is 47.1 Å². The molecule has 1 fully saturated rings. The third-order valence-corrected chi connectivity index (χ3v) is 8.01. The summed E-state index contributed by atoms with van der Waals surface area (Å²) in [5, 5.41) is 0. The highest BCUT2D eigenvalue weighted by molar-refractivity contribution is 8.18. The summed E-state index contributed by atoms with van der Waals surface area (Å²) in [5.74, 6) is 4.23. The summed E-state index contributed by atoms with van der Waals surface area (Å²) in [4.78, 5) is 0. The molecule has 136 valence electrons. The van der Waals surface area contributed by atoms with E-state index in [1.54, 1.807) is 0 Å². The van der Waals surface area contributed by atoms with E-state index in [2.05, 4.69) is 74.6 Å². The molecule has 2 heterocycles. The van der Waals surface area contributed by atoms with Crippen LogP contribution >= 0.6 is 23.5 Å². The maximum atomic E-state index is 5.61. The Balaban J connectivity index is 1.76. The van der Waals surface area contributed by atoms with Gasteiger partial charge in [0.05, 0.1) is 4.08 Å². The largest absolute Gasteiger partial charge is 0.454 e. The molecule has 1 aromatic rings. The van der Waals surface area contributed by atoms with Gasteiger partial charge in [-0.15, -0.1) is 23.5 Å². The first-order valence-corrected chi connectivity index (χ1v) is 11.0. The van der Waals surface area contributed by atoms with Gasteiger partial charge >= 0.3 is 0 Å². The fourth-order valence-corrected chi connectivity index (χ4v) is 6.35. The lowest BCUT2D eigenvalue weighted by Gasteiger charge is -2.36. The van der Waals surface area contributed by atoms with Crippen LogP contribution in [0.25, 0.3) is 0 Å². The fourth-order valence-electron chi connectivity index (χ4n) is 3.11. The molecule has 3 rings (SSSR count). The molecule has 0 saturated carbocycles. The molecule has 0 N–H and O–H groups in total. The third kappa shape index (κ3) is 4.79. The summed E-state index contributed by atoms with van der Waals surface area (Å²) < 4.78 is 11.2. The molecule has 2 aliphatic rings. The van der Waals surface area contributed by atoms with Crippen molar-refractivity contribution >= 4 is 23.5 Å². The molecule has 0 aliphatic carbocycles. The lowest BCUT2D eigenvalue weighted by atomic mass is 10.0. The average molecular weight is 377 g/mol. The van der Waals surface area contributed by atoms with Gasteiger partial charge in [0.15, 0.2) is 11.5 Å². The number of fused-ring (bicyclic) bond motifs is 1. The summed E-state index contributed by atoms with van der Waals surface area (Å²) in [6.07, 6.45) is 9.44. The summed E-state index contributed by atoms with van der Waals surface area (Å²) in [5.41, 5.74) is 4.26. The Morgan fingerprint density at radius 2 is 1.84 bits per heavy atom. The Morgan fingerprint density at radius 3 is 2.60 bits per heavy atom. The Hall–Kier alpha value is -1.000. The van der Waals surface area contributed by atoms with E-state index in [4.69, 9.17) is 9.47 Å². The minimum atomic E-state index is 0.108. The monoisotopic (exact) mass is 376 g/mol. The van der Waals surface area contributed by atoms with Gasteiger partial charge in [-0.25, -0.2) is 0 Å².